The maximum Gasteiger partial charge on any atom is 0.222 e. The van der Waals surface area contributed by atoms with Gasteiger partial charge in [0, 0.05) is 50.3 Å². The molecule has 0 spiro atoms. The molecule has 166 valence electrons. The van der Waals surface area contributed by atoms with Crippen LogP contribution < -0.4 is 4.90 Å². The van der Waals surface area contributed by atoms with Crippen LogP contribution in [0.5, 0.6) is 0 Å². The highest BCUT2D eigenvalue weighted by molar-refractivity contribution is 5.76. The summed E-state index contributed by atoms with van der Waals surface area (Å²) in [4.78, 5) is 26.6. The number of aromatic nitrogens is 2. The van der Waals surface area contributed by atoms with Gasteiger partial charge in [-0.1, -0.05) is 55.5 Å². The van der Waals surface area contributed by atoms with Crippen LogP contribution in [0, 0.1) is 26.7 Å². The molecule has 31 heavy (non-hydrogen) atoms. The zero-order valence-corrected chi connectivity index (χ0v) is 19.4. The van der Waals surface area contributed by atoms with Crippen molar-refractivity contribution >= 4 is 11.7 Å². The normalized spacial score (nSPS) is 17.4. The van der Waals surface area contributed by atoms with Gasteiger partial charge in [-0.25, -0.2) is 9.97 Å². The first-order valence-electron chi connectivity index (χ1n) is 11.9. The fraction of sp³-hybridized carbons (Fsp3) is 0.577. The third-order valence-electron chi connectivity index (χ3n) is 6.94. The van der Waals surface area contributed by atoms with E-state index in [1.54, 1.807) is 0 Å². The van der Waals surface area contributed by atoms with Crippen molar-refractivity contribution in [2.75, 3.05) is 31.1 Å². The maximum atomic E-state index is 12.7. The van der Waals surface area contributed by atoms with Crippen LogP contribution in [0.1, 0.15) is 66.7 Å². The predicted molar refractivity (Wildman–Crippen MR) is 125 cm³/mol. The molecule has 0 unspecified atom stereocenters. The van der Waals surface area contributed by atoms with Crippen LogP contribution in [0.2, 0.25) is 0 Å². The molecule has 0 atom stereocenters. The summed E-state index contributed by atoms with van der Waals surface area (Å²) in [6, 6.07) is 8.66. The van der Waals surface area contributed by atoms with E-state index >= 15 is 0 Å². The van der Waals surface area contributed by atoms with E-state index in [2.05, 4.69) is 52.9 Å². The Morgan fingerprint density at radius 1 is 1.03 bits per heavy atom. The third-order valence-corrected chi connectivity index (χ3v) is 6.94. The van der Waals surface area contributed by atoms with Crippen LogP contribution >= 0.6 is 0 Å². The number of hydrogen-bond donors (Lipinski definition) is 0. The number of aryl methyl sites for hydroxylation is 3. The van der Waals surface area contributed by atoms with Gasteiger partial charge in [-0.3, -0.25) is 4.79 Å². The summed E-state index contributed by atoms with van der Waals surface area (Å²) in [5.74, 6) is 2.98. The second-order valence-corrected chi connectivity index (χ2v) is 9.38. The van der Waals surface area contributed by atoms with Gasteiger partial charge in [0.2, 0.25) is 5.91 Å². The smallest absolute Gasteiger partial charge is 0.222 e. The van der Waals surface area contributed by atoms with Crippen LogP contribution in [0.25, 0.3) is 0 Å². The van der Waals surface area contributed by atoms with Crippen molar-refractivity contribution < 1.29 is 4.79 Å². The van der Waals surface area contributed by atoms with Crippen LogP contribution in [0.3, 0.4) is 0 Å². The average Bonchev–Trinajstić information content (AvgIpc) is 3.28. The SMILES string of the molecule is Cc1cccc(Cc2c(C)nc(C)nc2N2CCN(C(=O)CCC3CCCC3)CC2)c1. The Hall–Kier alpha value is -2.43. The summed E-state index contributed by atoms with van der Waals surface area (Å²) < 4.78 is 0. The molecule has 4 rings (SSSR count). The minimum Gasteiger partial charge on any atom is -0.353 e. The van der Waals surface area contributed by atoms with Crippen molar-refractivity contribution in [3.8, 4) is 0 Å². The summed E-state index contributed by atoms with van der Waals surface area (Å²) in [5, 5.41) is 0. The van der Waals surface area contributed by atoms with Gasteiger partial charge in [-0.15, -0.1) is 0 Å². The van der Waals surface area contributed by atoms with Crippen LogP contribution in [-0.2, 0) is 11.2 Å². The van der Waals surface area contributed by atoms with Crippen LogP contribution in [0.4, 0.5) is 5.82 Å². The maximum absolute atomic E-state index is 12.7. The van der Waals surface area contributed by atoms with E-state index < -0.39 is 0 Å². The number of nitrogens with zero attached hydrogens (tertiary/aromatic N) is 4. The molecular weight excluding hydrogens is 384 g/mol. The van der Waals surface area contributed by atoms with E-state index in [0.29, 0.717) is 5.91 Å². The second kappa shape index (κ2) is 9.80. The highest BCUT2D eigenvalue weighted by atomic mass is 16.2. The van der Waals surface area contributed by atoms with Gasteiger partial charge in [-0.2, -0.15) is 0 Å². The van der Waals surface area contributed by atoms with Gasteiger partial charge < -0.3 is 9.80 Å². The number of amides is 1. The van der Waals surface area contributed by atoms with E-state index in [4.69, 9.17) is 4.98 Å². The molecule has 2 fully saturated rings. The lowest BCUT2D eigenvalue weighted by molar-refractivity contribution is -0.131. The summed E-state index contributed by atoms with van der Waals surface area (Å²) in [7, 11) is 0. The Kier molecular flexibility index (Phi) is 6.89. The summed E-state index contributed by atoms with van der Waals surface area (Å²) in [5.41, 5.74) is 4.82. The van der Waals surface area contributed by atoms with E-state index in [0.717, 1.165) is 68.7 Å². The summed E-state index contributed by atoms with van der Waals surface area (Å²) >= 11 is 0. The standard InChI is InChI=1S/C26H36N4O/c1-19-7-6-10-23(17-19)18-24-20(2)27-21(3)28-26(24)30-15-13-29(14-16-30)25(31)12-11-22-8-4-5-9-22/h6-7,10,17,22H,4-5,8-9,11-16,18H2,1-3H3. The minimum absolute atomic E-state index is 0.335. The topological polar surface area (TPSA) is 49.3 Å². The minimum atomic E-state index is 0.335. The Labute approximate surface area is 186 Å². The zero-order valence-electron chi connectivity index (χ0n) is 19.4. The highest BCUT2D eigenvalue weighted by Gasteiger charge is 2.25. The lowest BCUT2D eigenvalue weighted by atomic mass is 10.0. The van der Waals surface area contributed by atoms with Gasteiger partial charge in [0.1, 0.15) is 11.6 Å². The van der Waals surface area contributed by atoms with Crippen molar-refractivity contribution in [1.29, 1.82) is 0 Å². The first-order chi connectivity index (χ1) is 15.0. The molecule has 1 aliphatic carbocycles. The Morgan fingerprint density at radius 2 is 1.77 bits per heavy atom. The first kappa shape index (κ1) is 21.8. The van der Waals surface area contributed by atoms with Gasteiger partial charge >= 0.3 is 0 Å². The lowest BCUT2D eigenvalue weighted by Gasteiger charge is -2.36. The van der Waals surface area contributed by atoms with Crippen molar-refractivity contribution in [3.63, 3.8) is 0 Å². The molecule has 1 saturated carbocycles. The first-order valence-corrected chi connectivity index (χ1v) is 11.9. The Balaban J connectivity index is 1.42. The molecule has 0 bridgehead atoms. The highest BCUT2D eigenvalue weighted by Crippen LogP contribution is 2.29. The molecule has 0 radical (unpaired) electrons. The van der Waals surface area contributed by atoms with E-state index in [1.165, 1.54) is 42.4 Å². The van der Waals surface area contributed by atoms with E-state index in [9.17, 15) is 4.79 Å². The Morgan fingerprint density at radius 3 is 2.48 bits per heavy atom. The number of piperazine rings is 1. The molecule has 5 nitrogen and oxygen atoms in total. The molecule has 1 aromatic heterocycles. The number of rotatable bonds is 6. The number of anilines is 1. The zero-order chi connectivity index (χ0) is 21.8. The lowest BCUT2D eigenvalue weighted by Crippen LogP contribution is -2.49. The van der Waals surface area contributed by atoms with Crippen LogP contribution in [0.15, 0.2) is 24.3 Å². The molecule has 2 heterocycles. The second-order valence-electron chi connectivity index (χ2n) is 9.38. The number of benzene rings is 1. The average molecular weight is 421 g/mol. The molecule has 1 aliphatic heterocycles. The van der Waals surface area contributed by atoms with Crippen molar-refractivity contribution in [3.05, 3.63) is 52.5 Å². The van der Waals surface area contributed by atoms with Gasteiger partial charge in [0.05, 0.1) is 0 Å². The van der Waals surface area contributed by atoms with Crippen molar-refractivity contribution in [2.45, 2.75) is 65.7 Å². The molecule has 5 heteroatoms. The van der Waals surface area contributed by atoms with Crippen LogP contribution in [-0.4, -0.2) is 47.0 Å². The number of hydrogen-bond acceptors (Lipinski definition) is 4. The van der Waals surface area contributed by atoms with Crippen molar-refractivity contribution in [2.24, 2.45) is 5.92 Å². The summed E-state index contributed by atoms with van der Waals surface area (Å²) in [6.45, 7) is 9.44. The monoisotopic (exact) mass is 420 g/mol. The molecule has 1 amide bonds. The number of carbonyl (C=O) groups is 1. The largest absolute Gasteiger partial charge is 0.353 e. The van der Waals surface area contributed by atoms with Crippen molar-refractivity contribution in [1.82, 2.24) is 14.9 Å². The number of carbonyl (C=O) groups excluding carboxylic acids is 1. The molecule has 2 aromatic rings. The van der Waals surface area contributed by atoms with Gasteiger partial charge in [-0.05, 0) is 38.7 Å². The van der Waals surface area contributed by atoms with Gasteiger partial charge in [0.15, 0.2) is 0 Å². The van der Waals surface area contributed by atoms with E-state index in [-0.39, 0.29) is 0 Å². The quantitative estimate of drug-likeness (QED) is 0.685. The van der Waals surface area contributed by atoms with E-state index in [1.807, 2.05) is 6.92 Å². The Bertz CT molecular complexity index is 912. The molecule has 1 aromatic carbocycles. The molecule has 1 saturated heterocycles. The molecular formula is C26H36N4O. The molecule has 0 N–H and O–H groups in total. The predicted octanol–water partition coefficient (Wildman–Crippen LogP) is 4.61. The fourth-order valence-corrected chi connectivity index (χ4v) is 5.16. The van der Waals surface area contributed by atoms with Gasteiger partial charge in [0.25, 0.3) is 0 Å². The third kappa shape index (κ3) is 5.44. The summed E-state index contributed by atoms with van der Waals surface area (Å²) in [6.07, 6.45) is 7.96. The fourth-order valence-electron chi connectivity index (χ4n) is 5.16. The molecule has 2 aliphatic rings.